The van der Waals surface area contributed by atoms with Crippen LogP contribution < -0.4 is 10.0 Å². The van der Waals surface area contributed by atoms with Crippen molar-refractivity contribution >= 4 is 31.3 Å². The molecule has 0 N–H and O–H groups in total. The SMILES string of the molecule is CCCc1oc2ccccc2c1C(=O)c1cc(C)c(OCCN(CC)CC)c(P)c1. The predicted octanol–water partition coefficient (Wildman–Crippen LogP) is 5.15. The zero-order valence-electron chi connectivity index (χ0n) is 18.5. The first-order valence-corrected chi connectivity index (χ1v) is 11.4. The number of nitrogens with zero attached hydrogens (tertiary/aromatic N) is 1. The normalized spacial score (nSPS) is 11.4. The van der Waals surface area contributed by atoms with Crippen LogP contribution in [-0.4, -0.2) is 36.9 Å². The number of aryl methyl sites for hydroxylation is 2. The number of ketones is 1. The molecule has 1 aromatic heterocycles. The number of fused-ring (bicyclic) bond motifs is 1. The molecule has 0 spiro atoms. The third-order valence-electron chi connectivity index (χ3n) is 5.49. The van der Waals surface area contributed by atoms with Crippen molar-refractivity contribution in [2.75, 3.05) is 26.2 Å². The molecule has 0 aliphatic heterocycles. The Morgan fingerprint density at radius 2 is 1.87 bits per heavy atom. The molecule has 1 atom stereocenters. The van der Waals surface area contributed by atoms with Crippen molar-refractivity contribution in [3.05, 3.63) is 58.8 Å². The topological polar surface area (TPSA) is 42.7 Å². The molecule has 2 aromatic carbocycles. The lowest BCUT2D eigenvalue weighted by atomic mass is 9.97. The third-order valence-corrected chi connectivity index (χ3v) is 5.92. The quantitative estimate of drug-likeness (QED) is 0.333. The first kappa shape index (κ1) is 22.5. The zero-order chi connectivity index (χ0) is 21.7. The molecular formula is C25H32NO3P. The van der Waals surface area contributed by atoms with E-state index in [4.69, 9.17) is 9.15 Å². The lowest BCUT2D eigenvalue weighted by molar-refractivity contribution is 0.103. The van der Waals surface area contributed by atoms with Gasteiger partial charge < -0.3 is 14.1 Å². The Balaban J connectivity index is 1.89. The highest BCUT2D eigenvalue weighted by Gasteiger charge is 2.22. The molecule has 3 rings (SSSR count). The van der Waals surface area contributed by atoms with Gasteiger partial charge in [-0.2, -0.15) is 0 Å². The van der Waals surface area contributed by atoms with Gasteiger partial charge in [0.1, 0.15) is 23.7 Å². The van der Waals surface area contributed by atoms with Crippen molar-refractivity contribution < 1.29 is 13.9 Å². The number of carbonyl (C=O) groups excluding carboxylic acids is 1. The molecule has 0 aliphatic rings. The molecular weight excluding hydrogens is 393 g/mol. The minimum atomic E-state index is 0.00453. The number of likely N-dealkylation sites (N-methyl/N-ethyl adjacent to an activating group) is 1. The van der Waals surface area contributed by atoms with Gasteiger partial charge in [-0.15, -0.1) is 9.24 Å². The molecule has 1 heterocycles. The number of benzene rings is 2. The van der Waals surface area contributed by atoms with E-state index in [1.807, 2.05) is 43.3 Å². The van der Waals surface area contributed by atoms with Gasteiger partial charge in [0.05, 0.1) is 5.56 Å². The second-order valence-electron chi connectivity index (χ2n) is 7.56. The summed E-state index contributed by atoms with van der Waals surface area (Å²) in [6.45, 7) is 11.9. The number of furan rings is 1. The van der Waals surface area contributed by atoms with Gasteiger partial charge in [0.25, 0.3) is 0 Å². The summed E-state index contributed by atoms with van der Waals surface area (Å²) in [5.41, 5.74) is 3.09. The summed E-state index contributed by atoms with van der Waals surface area (Å²) >= 11 is 0. The highest BCUT2D eigenvalue weighted by atomic mass is 31.0. The monoisotopic (exact) mass is 425 g/mol. The van der Waals surface area contributed by atoms with Gasteiger partial charge in [0.2, 0.25) is 0 Å². The number of ether oxygens (including phenoxy) is 1. The van der Waals surface area contributed by atoms with Crippen LogP contribution in [0.25, 0.3) is 11.0 Å². The Morgan fingerprint density at radius 3 is 2.53 bits per heavy atom. The predicted molar refractivity (Wildman–Crippen MR) is 127 cm³/mol. The van der Waals surface area contributed by atoms with E-state index >= 15 is 0 Å². The highest BCUT2D eigenvalue weighted by Crippen LogP contribution is 2.30. The molecule has 3 aromatic rings. The van der Waals surface area contributed by atoms with Gasteiger partial charge in [-0.1, -0.05) is 39.0 Å². The van der Waals surface area contributed by atoms with Crippen LogP contribution in [0.2, 0.25) is 0 Å². The van der Waals surface area contributed by atoms with E-state index in [1.165, 1.54) is 0 Å². The van der Waals surface area contributed by atoms with Crippen LogP contribution in [0.1, 0.15) is 54.4 Å². The first-order valence-electron chi connectivity index (χ1n) is 10.8. The molecule has 5 heteroatoms. The van der Waals surface area contributed by atoms with Crippen molar-refractivity contribution in [2.45, 2.75) is 40.5 Å². The maximum Gasteiger partial charge on any atom is 0.197 e. The van der Waals surface area contributed by atoms with E-state index in [9.17, 15) is 4.79 Å². The molecule has 160 valence electrons. The van der Waals surface area contributed by atoms with Gasteiger partial charge >= 0.3 is 0 Å². The summed E-state index contributed by atoms with van der Waals surface area (Å²) in [4.78, 5) is 15.8. The van der Waals surface area contributed by atoms with E-state index in [0.29, 0.717) is 17.7 Å². The van der Waals surface area contributed by atoms with Gasteiger partial charge in [-0.05, 0) is 50.2 Å². The lowest BCUT2D eigenvalue weighted by Crippen LogP contribution is -2.28. The Bertz CT molecular complexity index is 997. The molecule has 30 heavy (non-hydrogen) atoms. The first-order chi connectivity index (χ1) is 14.5. The summed E-state index contributed by atoms with van der Waals surface area (Å²) in [6.07, 6.45) is 1.67. The molecule has 0 fully saturated rings. The van der Waals surface area contributed by atoms with E-state index in [1.54, 1.807) is 0 Å². The van der Waals surface area contributed by atoms with E-state index in [0.717, 1.165) is 65.8 Å². The van der Waals surface area contributed by atoms with Gasteiger partial charge in [-0.3, -0.25) is 4.79 Å². The second kappa shape index (κ2) is 10.2. The second-order valence-corrected chi connectivity index (χ2v) is 8.18. The van der Waals surface area contributed by atoms with E-state index < -0.39 is 0 Å². The van der Waals surface area contributed by atoms with Crippen molar-refractivity contribution in [2.24, 2.45) is 0 Å². The van der Waals surface area contributed by atoms with Crippen LogP contribution in [0.4, 0.5) is 0 Å². The zero-order valence-corrected chi connectivity index (χ0v) is 19.6. The van der Waals surface area contributed by atoms with Crippen LogP contribution in [-0.2, 0) is 6.42 Å². The van der Waals surface area contributed by atoms with Crippen molar-refractivity contribution in [1.29, 1.82) is 0 Å². The Labute approximate surface area is 181 Å². The molecule has 0 aliphatic carbocycles. The van der Waals surface area contributed by atoms with Crippen LogP contribution in [0.5, 0.6) is 5.75 Å². The maximum atomic E-state index is 13.5. The molecule has 0 saturated heterocycles. The van der Waals surface area contributed by atoms with E-state index in [-0.39, 0.29) is 5.78 Å². The summed E-state index contributed by atoms with van der Waals surface area (Å²) in [5.74, 6) is 1.62. The fourth-order valence-electron chi connectivity index (χ4n) is 3.84. The third kappa shape index (κ3) is 4.77. The summed E-state index contributed by atoms with van der Waals surface area (Å²) < 4.78 is 12.1. The van der Waals surface area contributed by atoms with Crippen molar-refractivity contribution in [3.63, 3.8) is 0 Å². The van der Waals surface area contributed by atoms with E-state index in [2.05, 4.69) is 34.9 Å². The summed E-state index contributed by atoms with van der Waals surface area (Å²) in [6, 6.07) is 11.6. The van der Waals surface area contributed by atoms with Crippen LogP contribution >= 0.6 is 9.24 Å². The average molecular weight is 426 g/mol. The summed E-state index contributed by atoms with van der Waals surface area (Å²) in [5, 5.41) is 1.79. The van der Waals surface area contributed by atoms with Gasteiger partial charge in [0, 0.05) is 29.2 Å². The summed E-state index contributed by atoms with van der Waals surface area (Å²) in [7, 11) is 2.72. The van der Waals surface area contributed by atoms with Crippen LogP contribution in [0, 0.1) is 6.92 Å². The largest absolute Gasteiger partial charge is 0.491 e. The number of carbonyl (C=O) groups is 1. The average Bonchev–Trinajstić information content (AvgIpc) is 3.10. The molecule has 0 saturated carbocycles. The maximum absolute atomic E-state index is 13.5. The standard InChI is InChI=1S/C25H32NO3P/c1-5-10-21-23(19-11-8-9-12-20(19)29-21)24(27)18-15-17(4)25(22(30)16-18)28-14-13-26(6-2)7-3/h8-9,11-12,15-16H,5-7,10,13-14,30H2,1-4H3. The number of para-hydroxylation sites is 1. The minimum absolute atomic E-state index is 0.00453. The van der Waals surface area contributed by atoms with Gasteiger partial charge in [0.15, 0.2) is 5.78 Å². The number of hydrogen-bond acceptors (Lipinski definition) is 4. The van der Waals surface area contributed by atoms with Crippen LogP contribution in [0.3, 0.4) is 0 Å². The molecule has 0 bridgehead atoms. The molecule has 0 radical (unpaired) electrons. The Hall–Kier alpha value is -2.16. The number of rotatable bonds is 10. The lowest BCUT2D eigenvalue weighted by Gasteiger charge is -2.19. The Kier molecular flexibility index (Phi) is 7.69. The van der Waals surface area contributed by atoms with Crippen LogP contribution in [0.15, 0.2) is 40.8 Å². The van der Waals surface area contributed by atoms with Crippen molar-refractivity contribution in [3.8, 4) is 5.75 Å². The Morgan fingerprint density at radius 1 is 1.13 bits per heavy atom. The van der Waals surface area contributed by atoms with Gasteiger partial charge in [-0.25, -0.2) is 0 Å². The molecule has 0 amide bonds. The number of hydrogen-bond donors (Lipinski definition) is 0. The van der Waals surface area contributed by atoms with Crippen molar-refractivity contribution in [1.82, 2.24) is 4.90 Å². The fourth-order valence-corrected chi connectivity index (χ4v) is 4.33. The molecule has 1 unspecified atom stereocenters. The minimum Gasteiger partial charge on any atom is -0.491 e. The highest BCUT2D eigenvalue weighted by molar-refractivity contribution is 7.27. The smallest absolute Gasteiger partial charge is 0.197 e. The fraction of sp³-hybridized carbons (Fsp3) is 0.400. The molecule has 4 nitrogen and oxygen atoms in total.